The summed E-state index contributed by atoms with van der Waals surface area (Å²) in [6, 6.07) is 18.8. The summed E-state index contributed by atoms with van der Waals surface area (Å²) in [6.45, 7) is 1.59. The van der Waals surface area contributed by atoms with E-state index in [-0.39, 0.29) is 17.6 Å². The van der Waals surface area contributed by atoms with Crippen LogP contribution in [-0.2, 0) is 4.79 Å². The second kappa shape index (κ2) is 9.21. The Bertz CT molecular complexity index is 1010. The minimum Gasteiger partial charge on any atom is -0.481 e. The second-order valence-electron chi connectivity index (χ2n) is 6.21. The van der Waals surface area contributed by atoms with E-state index in [4.69, 9.17) is 16.3 Å². The van der Waals surface area contributed by atoms with Crippen LogP contribution in [-0.4, -0.2) is 17.9 Å². The number of rotatable bonds is 6. The quantitative estimate of drug-likeness (QED) is 0.589. The average Bonchev–Trinajstić information content (AvgIpc) is 2.72. The molecule has 0 saturated carbocycles. The van der Waals surface area contributed by atoms with Gasteiger partial charge in [-0.25, -0.2) is 4.39 Å². The number of hydrogen-bond acceptors (Lipinski definition) is 3. The van der Waals surface area contributed by atoms with Gasteiger partial charge in [0.15, 0.2) is 6.10 Å². The van der Waals surface area contributed by atoms with Crippen LogP contribution in [0.5, 0.6) is 5.75 Å². The monoisotopic (exact) mass is 412 g/mol. The Morgan fingerprint density at radius 1 is 0.931 bits per heavy atom. The largest absolute Gasteiger partial charge is 0.481 e. The molecule has 3 aromatic carbocycles. The van der Waals surface area contributed by atoms with E-state index in [1.807, 2.05) is 0 Å². The number of carbonyl (C=O) groups excluding carboxylic acids is 2. The van der Waals surface area contributed by atoms with Crippen molar-refractivity contribution in [1.82, 2.24) is 0 Å². The third-order valence-electron chi connectivity index (χ3n) is 4.03. The summed E-state index contributed by atoms with van der Waals surface area (Å²) in [6.07, 6.45) is -0.789. The number of ether oxygens (including phenoxy) is 1. The molecule has 0 aliphatic rings. The van der Waals surface area contributed by atoms with E-state index in [2.05, 4.69) is 10.6 Å². The molecule has 2 amide bonds. The number of halogens is 2. The van der Waals surface area contributed by atoms with Gasteiger partial charge in [-0.05, 0) is 67.6 Å². The average molecular weight is 413 g/mol. The summed E-state index contributed by atoms with van der Waals surface area (Å²) in [4.78, 5) is 24.5. The fraction of sp³-hybridized carbons (Fsp3) is 0.0909. The summed E-state index contributed by atoms with van der Waals surface area (Å²) in [5.74, 6) is -0.643. The summed E-state index contributed by atoms with van der Waals surface area (Å²) < 4.78 is 18.5. The maximum absolute atomic E-state index is 12.9. The maximum atomic E-state index is 12.9. The first-order chi connectivity index (χ1) is 13.9. The van der Waals surface area contributed by atoms with Crippen molar-refractivity contribution in [2.45, 2.75) is 13.0 Å². The third-order valence-corrected chi connectivity index (χ3v) is 4.36. The normalized spacial score (nSPS) is 11.4. The van der Waals surface area contributed by atoms with E-state index < -0.39 is 6.10 Å². The molecule has 0 saturated heterocycles. The van der Waals surface area contributed by atoms with E-state index in [1.165, 1.54) is 24.3 Å². The SMILES string of the molecule is CC(Oc1ccc(C(=O)Nc2ccccc2Cl)cc1)C(=O)Nc1ccc(F)cc1. The van der Waals surface area contributed by atoms with Crippen LogP contribution in [0.1, 0.15) is 17.3 Å². The van der Waals surface area contributed by atoms with Crippen molar-refractivity contribution in [3.05, 3.63) is 89.2 Å². The lowest BCUT2D eigenvalue weighted by molar-refractivity contribution is -0.122. The highest BCUT2D eigenvalue weighted by atomic mass is 35.5. The van der Waals surface area contributed by atoms with E-state index >= 15 is 0 Å². The van der Waals surface area contributed by atoms with Crippen LogP contribution in [0.4, 0.5) is 15.8 Å². The lowest BCUT2D eigenvalue weighted by Crippen LogP contribution is -2.30. The van der Waals surface area contributed by atoms with Gasteiger partial charge < -0.3 is 15.4 Å². The predicted molar refractivity (Wildman–Crippen MR) is 111 cm³/mol. The molecule has 0 aliphatic carbocycles. The predicted octanol–water partition coefficient (Wildman–Crippen LogP) is 5.14. The third kappa shape index (κ3) is 5.56. The molecule has 3 rings (SSSR count). The van der Waals surface area contributed by atoms with E-state index in [0.717, 1.165) is 0 Å². The second-order valence-corrected chi connectivity index (χ2v) is 6.62. The van der Waals surface area contributed by atoms with E-state index in [9.17, 15) is 14.0 Å². The minimum atomic E-state index is -0.789. The van der Waals surface area contributed by atoms with Gasteiger partial charge in [0, 0.05) is 11.3 Å². The molecule has 0 bridgehead atoms. The molecule has 2 N–H and O–H groups in total. The fourth-order valence-corrected chi connectivity index (χ4v) is 2.66. The molecule has 148 valence electrons. The minimum absolute atomic E-state index is 0.313. The Morgan fingerprint density at radius 2 is 1.59 bits per heavy atom. The molecule has 0 fully saturated rings. The molecule has 1 unspecified atom stereocenters. The summed E-state index contributed by atoms with van der Waals surface area (Å²) in [5.41, 5.74) is 1.41. The standard InChI is InChI=1S/C22H18ClFN2O3/c1-14(21(27)25-17-10-8-16(24)9-11-17)29-18-12-6-15(7-13-18)22(28)26-20-5-3-2-4-19(20)23/h2-14H,1H3,(H,25,27)(H,26,28). The van der Waals surface area contributed by atoms with Crippen LogP contribution < -0.4 is 15.4 Å². The first kappa shape index (κ1) is 20.4. The van der Waals surface area contributed by atoms with Crippen LogP contribution >= 0.6 is 11.6 Å². The molecule has 0 aromatic heterocycles. The highest BCUT2D eigenvalue weighted by Crippen LogP contribution is 2.22. The molecule has 29 heavy (non-hydrogen) atoms. The summed E-state index contributed by atoms with van der Waals surface area (Å²) >= 11 is 6.04. The zero-order valence-electron chi connectivity index (χ0n) is 15.5. The molecule has 0 aliphatic heterocycles. The van der Waals surface area contributed by atoms with Gasteiger partial charge in [0.2, 0.25) is 0 Å². The topological polar surface area (TPSA) is 67.4 Å². The van der Waals surface area contributed by atoms with Crippen molar-refractivity contribution in [1.29, 1.82) is 0 Å². The summed E-state index contributed by atoms with van der Waals surface area (Å²) in [5, 5.41) is 5.82. The van der Waals surface area contributed by atoms with Crippen LogP contribution in [0.2, 0.25) is 5.02 Å². The molecule has 0 spiro atoms. The molecular weight excluding hydrogens is 395 g/mol. The number of carbonyl (C=O) groups is 2. The van der Waals surface area contributed by atoms with Gasteiger partial charge in [0.25, 0.3) is 11.8 Å². The van der Waals surface area contributed by atoms with Crippen molar-refractivity contribution >= 4 is 34.8 Å². The van der Waals surface area contributed by atoms with E-state index in [1.54, 1.807) is 55.5 Å². The van der Waals surface area contributed by atoms with Crippen LogP contribution in [0.15, 0.2) is 72.8 Å². The molecule has 5 nitrogen and oxygen atoms in total. The Kier molecular flexibility index (Phi) is 6.46. The Balaban J connectivity index is 1.58. The van der Waals surface area contributed by atoms with Crippen molar-refractivity contribution in [3.8, 4) is 5.75 Å². The Labute approximate surface area is 172 Å². The number of amides is 2. The van der Waals surface area contributed by atoms with Crippen molar-refractivity contribution in [2.24, 2.45) is 0 Å². The molecule has 1 atom stereocenters. The first-order valence-electron chi connectivity index (χ1n) is 8.81. The highest BCUT2D eigenvalue weighted by molar-refractivity contribution is 6.33. The highest BCUT2D eigenvalue weighted by Gasteiger charge is 2.15. The maximum Gasteiger partial charge on any atom is 0.265 e. The zero-order chi connectivity index (χ0) is 20.8. The number of anilines is 2. The number of hydrogen-bond donors (Lipinski definition) is 2. The van der Waals surface area contributed by atoms with Gasteiger partial charge in [0.1, 0.15) is 11.6 Å². The Hall–Kier alpha value is -3.38. The number of para-hydroxylation sites is 1. The number of nitrogens with one attached hydrogen (secondary N) is 2. The van der Waals surface area contributed by atoms with Crippen LogP contribution in [0.3, 0.4) is 0 Å². The van der Waals surface area contributed by atoms with Gasteiger partial charge in [-0.3, -0.25) is 9.59 Å². The van der Waals surface area contributed by atoms with Crippen molar-refractivity contribution in [2.75, 3.05) is 10.6 Å². The smallest absolute Gasteiger partial charge is 0.265 e. The molecule has 0 heterocycles. The Morgan fingerprint density at radius 3 is 2.24 bits per heavy atom. The van der Waals surface area contributed by atoms with Crippen LogP contribution in [0.25, 0.3) is 0 Å². The molecule has 3 aromatic rings. The van der Waals surface area contributed by atoms with Gasteiger partial charge in [0.05, 0.1) is 10.7 Å². The molecular formula is C22H18ClFN2O3. The van der Waals surface area contributed by atoms with Gasteiger partial charge in [-0.15, -0.1) is 0 Å². The van der Waals surface area contributed by atoms with E-state index in [0.29, 0.717) is 27.7 Å². The van der Waals surface area contributed by atoms with Gasteiger partial charge in [-0.2, -0.15) is 0 Å². The fourth-order valence-electron chi connectivity index (χ4n) is 2.48. The first-order valence-corrected chi connectivity index (χ1v) is 9.19. The zero-order valence-corrected chi connectivity index (χ0v) is 16.2. The van der Waals surface area contributed by atoms with Crippen LogP contribution in [0, 0.1) is 5.82 Å². The lowest BCUT2D eigenvalue weighted by atomic mass is 10.2. The molecule has 0 radical (unpaired) electrons. The lowest BCUT2D eigenvalue weighted by Gasteiger charge is -2.15. The van der Waals surface area contributed by atoms with Gasteiger partial charge in [-0.1, -0.05) is 23.7 Å². The number of benzene rings is 3. The summed E-state index contributed by atoms with van der Waals surface area (Å²) in [7, 11) is 0. The molecule has 7 heteroatoms. The van der Waals surface area contributed by atoms with Crippen molar-refractivity contribution in [3.63, 3.8) is 0 Å². The van der Waals surface area contributed by atoms with Gasteiger partial charge >= 0.3 is 0 Å². The van der Waals surface area contributed by atoms with Crippen molar-refractivity contribution < 1.29 is 18.7 Å².